The van der Waals surface area contributed by atoms with Gasteiger partial charge >= 0.3 is 5.97 Å². The van der Waals surface area contributed by atoms with E-state index in [1.54, 1.807) is 19.3 Å². The Morgan fingerprint density at radius 2 is 2.17 bits per heavy atom. The van der Waals surface area contributed by atoms with Gasteiger partial charge in [-0.05, 0) is 30.7 Å². The van der Waals surface area contributed by atoms with Crippen LogP contribution in [0.15, 0.2) is 30.6 Å². The topological polar surface area (TPSA) is 120 Å². The number of anilines is 2. The van der Waals surface area contributed by atoms with Crippen molar-refractivity contribution in [2.45, 2.75) is 6.92 Å². The van der Waals surface area contributed by atoms with Gasteiger partial charge in [-0.15, -0.1) is 0 Å². The van der Waals surface area contributed by atoms with Crippen LogP contribution in [-0.4, -0.2) is 36.2 Å². The second-order valence-electron chi connectivity index (χ2n) is 5.18. The molecule has 0 fully saturated rings. The van der Waals surface area contributed by atoms with Gasteiger partial charge in [0.1, 0.15) is 11.3 Å². The number of benzene rings is 1. The number of hydrogen-bond donors (Lipinski definition) is 4. The molecule has 4 rings (SSSR count). The van der Waals surface area contributed by atoms with E-state index in [-0.39, 0.29) is 5.69 Å². The molecule has 0 unspecified atom stereocenters. The number of carboxylic acids is 1. The number of aromatic nitrogens is 5. The van der Waals surface area contributed by atoms with Crippen LogP contribution < -0.4 is 5.32 Å². The predicted molar refractivity (Wildman–Crippen MR) is 85.0 cm³/mol. The molecular weight excluding hydrogens is 296 g/mol. The van der Waals surface area contributed by atoms with Gasteiger partial charge in [-0.3, -0.25) is 5.10 Å². The van der Waals surface area contributed by atoms with Gasteiger partial charge in [-0.1, -0.05) is 0 Å². The van der Waals surface area contributed by atoms with Crippen molar-refractivity contribution >= 4 is 39.5 Å². The maximum absolute atomic E-state index is 11.2. The molecule has 0 saturated carbocycles. The molecule has 3 heterocycles. The third-order valence-corrected chi connectivity index (χ3v) is 3.72. The van der Waals surface area contributed by atoms with E-state index in [0.717, 1.165) is 16.6 Å². The van der Waals surface area contributed by atoms with E-state index in [2.05, 4.69) is 30.5 Å². The minimum absolute atomic E-state index is 0.131. The number of aryl methyl sites for hydroxylation is 1. The van der Waals surface area contributed by atoms with Crippen molar-refractivity contribution in [3.8, 4) is 0 Å². The molecule has 23 heavy (non-hydrogen) atoms. The summed E-state index contributed by atoms with van der Waals surface area (Å²) in [6, 6.07) is 5.72. The summed E-state index contributed by atoms with van der Waals surface area (Å²) >= 11 is 0. The van der Waals surface area contributed by atoms with E-state index in [0.29, 0.717) is 22.5 Å². The van der Waals surface area contributed by atoms with E-state index in [4.69, 9.17) is 5.11 Å². The maximum atomic E-state index is 11.2. The lowest BCUT2D eigenvalue weighted by Gasteiger charge is -2.04. The number of nitrogens with zero attached hydrogens (tertiary/aromatic N) is 3. The third kappa shape index (κ3) is 2.16. The maximum Gasteiger partial charge on any atom is 0.352 e. The Labute approximate surface area is 129 Å². The SMILES string of the molecule is Cc1c(C(=O)O)[nH]c2nc(Nc3ccc4[nH]ncc4c3)ncc12. The first-order valence-corrected chi connectivity index (χ1v) is 6.90. The number of H-pyrrole nitrogens is 2. The highest BCUT2D eigenvalue weighted by Gasteiger charge is 2.15. The molecule has 8 heteroatoms. The van der Waals surface area contributed by atoms with Crippen LogP contribution in [-0.2, 0) is 0 Å². The van der Waals surface area contributed by atoms with Crippen molar-refractivity contribution < 1.29 is 9.90 Å². The molecule has 0 radical (unpaired) electrons. The summed E-state index contributed by atoms with van der Waals surface area (Å²) < 4.78 is 0. The van der Waals surface area contributed by atoms with Crippen molar-refractivity contribution in [2.75, 3.05) is 5.32 Å². The van der Waals surface area contributed by atoms with E-state index in [1.165, 1.54) is 0 Å². The van der Waals surface area contributed by atoms with Crippen LogP contribution in [0.2, 0.25) is 0 Å². The van der Waals surface area contributed by atoms with Gasteiger partial charge in [0.25, 0.3) is 0 Å². The number of carboxylic acid groups (broad SMARTS) is 1. The highest BCUT2D eigenvalue weighted by molar-refractivity contribution is 5.96. The highest BCUT2D eigenvalue weighted by Crippen LogP contribution is 2.23. The second-order valence-corrected chi connectivity index (χ2v) is 5.18. The van der Waals surface area contributed by atoms with Crippen LogP contribution in [0.5, 0.6) is 0 Å². The van der Waals surface area contributed by atoms with E-state index < -0.39 is 5.97 Å². The molecule has 4 aromatic rings. The molecule has 1 aromatic carbocycles. The van der Waals surface area contributed by atoms with Crippen molar-refractivity contribution in [3.63, 3.8) is 0 Å². The first-order chi connectivity index (χ1) is 11.1. The molecule has 0 saturated heterocycles. The highest BCUT2D eigenvalue weighted by atomic mass is 16.4. The van der Waals surface area contributed by atoms with E-state index in [1.807, 2.05) is 18.2 Å². The Hall–Kier alpha value is -3.42. The fraction of sp³-hybridized carbons (Fsp3) is 0.0667. The van der Waals surface area contributed by atoms with Crippen LogP contribution in [0.4, 0.5) is 11.6 Å². The van der Waals surface area contributed by atoms with Gasteiger partial charge in [-0.25, -0.2) is 9.78 Å². The predicted octanol–water partition coefficient (Wildman–Crippen LogP) is 2.58. The summed E-state index contributed by atoms with van der Waals surface area (Å²) in [5.41, 5.74) is 3.00. The fourth-order valence-corrected chi connectivity index (χ4v) is 2.52. The van der Waals surface area contributed by atoms with Gasteiger partial charge < -0.3 is 15.4 Å². The van der Waals surface area contributed by atoms with E-state index in [9.17, 15) is 4.79 Å². The molecule has 8 nitrogen and oxygen atoms in total. The van der Waals surface area contributed by atoms with Gasteiger partial charge in [0.15, 0.2) is 0 Å². The molecule has 0 aliphatic rings. The minimum Gasteiger partial charge on any atom is -0.477 e. The standard InChI is InChI=1S/C15H12N6O2/c1-7-10-6-16-15(20-13(10)19-12(7)14(22)23)18-9-2-3-11-8(4-9)5-17-21-11/h2-6H,1H3,(H,17,21)(H,22,23)(H2,16,18,19,20). The lowest BCUT2D eigenvalue weighted by atomic mass is 10.2. The molecule has 4 N–H and O–H groups in total. The Bertz CT molecular complexity index is 1050. The van der Waals surface area contributed by atoms with Crippen molar-refractivity contribution in [2.24, 2.45) is 0 Å². The van der Waals surface area contributed by atoms with Gasteiger partial charge in [0, 0.05) is 22.7 Å². The normalized spacial score (nSPS) is 11.2. The fourth-order valence-electron chi connectivity index (χ4n) is 2.52. The van der Waals surface area contributed by atoms with E-state index >= 15 is 0 Å². The second kappa shape index (κ2) is 4.80. The Morgan fingerprint density at radius 1 is 1.30 bits per heavy atom. The van der Waals surface area contributed by atoms with Crippen LogP contribution >= 0.6 is 0 Å². The zero-order valence-corrected chi connectivity index (χ0v) is 12.1. The number of hydrogen-bond acceptors (Lipinski definition) is 5. The smallest absolute Gasteiger partial charge is 0.352 e. The average Bonchev–Trinajstić information content (AvgIpc) is 3.11. The molecule has 0 aliphatic carbocycles. The van der Waals surface area contributed by atoms with Crippen molar-refractivity contribution in [1.29, 1.82) is 0 Å². The van der Waals surface area contributed by atoms with Crippen LogP contribution in [0.25, 0.3) is 21.9 Å². The molecule has 114 valence electrons. The zero-order valence-electron chi connectivity index (χ0n) is 12.1. The molecule has 0 amide bonds. The molecule has 0 bridgehead atoms. The molecular formula is C15H12N6O2. The summed E-state index contributed by atoms with van der Waals surface area (Å²) in [5.74, 6) is -0.626. The van der Waals surface area contributed by atoms with Crippen LogP contribution in [0.3, 0.4) is 0 Å². The Morgan fingerprint density at radius 3 is 3.00 bits per heavy atom. The molecule has 0 atom stereocenters. The Kier molecular flexibility index (Phi) is 2.77. The molecule has 3 aromatic heterocycles. The number of rotatable bonds is 3. The summed E-state index contributed by atoms with van der Waals surface area (Å²) in [6.45, 7) is 1.73. The number of fused-ring (bicyclic) bond motifs is 2. The van der Waals surface area contributed by atoms with Crippen molar-refractivity contribution in [3.05, 3.63) is 41.9 Å². The summed E-state index contributed by atoms with van der Waals surface area (Å²) in [7, 11) is 0. The van der Waals surface area contributed by atoms with Crippen LogP contribution in [0.1, 0.15) is 16.1 Å². The number of aromatic amines is 2. The number of carbonyl (C=O) groups is 1. The lowest BCUT2D eigenvalue weighted by molar-refractivity contribution is 0.0690. The van der Waals surface area contributed by atoms with Crippen molar-refractivity contribution in [1.82, 2.24) is 25.1 Å². The van der Waals surface area contributed by atoms with Gasteiger partial charge in [0.2, 0.25) is 5.95 Å². The third-order valence-electron chi connectivity index (χ3n) is 3.72. The lowest BCUT2D eigenvalue weighted by Crippen LogP contribution is -1.98. The number of aromatic carboxylic acids is 1. The average molecular weight is 308 g/mol. The largest absolute Gasteiger partial charge is 0.477 e. The summed E-state index contributed by atoms with van der Waals surface area (Å²) in [4.78, 5) is 22.6. The molecule has 0 aliphatic heterocycles. The zero-order chi connectivity index (χ0) is 16.0. The van der Waals surface area contributed by atoms with Gasteiger partial charge in [-0.2, -0.15) is 10.1 Å². The quantitative estimate of drug-likeness (QED) is 0.462. The molecule has 0 spiro atoms. The Balaban J connectivity index is 1.72. The minimum atomic E-state index is -1.01. The summed E-state index contributed by atoms with van der Waals surface area (Å²) in [6.07, 6.45) is 3.34. The first kappa shape index (κ1) is 13.3. The summed E-state index contributed by atoms with van der Waals surface area (Å²) in [5, 5.41) is 20.8. The monoisotopic (exact) mass is 308 g/mol. The number of nitrogens with one attached hydrogen (secondary N) is 3. The van der Waals surface area contributed by atoms with Gasteiger partial charge in [0.05, 0.1) is 11.7 Å². The first-order valence-electron chi connectivity index (χ1n) is 6.90. The van der Waals surface area contributed by atoms with Crippen LogP contribution in [0, 0.1) is 6.92 Å².